The third kappa shape index (κ3) is 1.43. The third-order valence-electron chi connectivity index (χ3n) is 1.34. The third-order valence-corrected chi connectivity index (χ3v) is 4.16. The largest absolute Gasteiger partial charge is 0.229 e. The number of benzene rings is 1. The van der Waals surface area contributed by atoms with Gasteiger partial charge < -0.3 is 0 Å². The van der Waals surface area contributed by atoms with Crippen molar-refractivity contribution in [3.8, 4) is 0 Å². The monoisotopic (exact) mass is 339 g/mol. The van der Waals surface area contributed by atoms with Crippen LogP contribution in [0.1, 0.15) is 0 Å². The first-order chi connectivity index (χ1) is 5.27. The average molecular weight is 340 g/mol. The molecule has 0 unspecified atom stereocenters. The summed E-state index contributed by atoms with van der Waals surface area (Å²) in [6.07, 6.45) is 0. The van der Waals surface area contributed by atoms with Gasteiger partial charge in [-0.3, -0.25) is 0 Å². The predicted octanol–water partition coefficient (Wildman–Crippen LogP) is 3.66. The van der Waals surface area contributed by atoms with Crippen molar-refractivity contribution >= 4 is 60.1 Å². The SMILES string of the molecule is Brc1nc2cccc(I)c2s1. The highest BCUT2D eigenvalue weighted by atomic mass is 127. The van der Waals surface area contributed by atoms with Crippen LogP contribution in [0.25, 0.3) is 10.2 Å². The molecular formula is C7H3BrINS. The minimum atomic E-state index is 0.955. The zero-order chi connectivity index (χ0) is 7.84. The number of rotatable bonds is 0. The highest BCUT2D eigenvalue weighted by Gasteiger charge is 2.02. The lowest BCUT2D eigenvalue weighted by Gasteiger charge is -1.88. The minimum Gasteiger partial charge on any atom is -0.229 e. The lowest BCUT2D eigenvalue weighted by atomic mass is 10.3. The molecule has 0 saturated carbocycles. The van der Waals surface area contributed by atoms with Crippen LogP contribution in [0, 0.1) is 3.57 Å². The molecule has 0 aliphatic heterocycles. The van der Waals surface area contributed by atoms with Crippen LogP contribution in [-0.4, -0.2) is 4.98 Å². The maximum Gasteiger partial charge on any atom is 0.160 e. The van der Waals surface area contributed by atoms with E-state index in [1.54, 1.807) is 11.3 Å². The molecule has 0 fully saturated rings. The summed E-state index contributed by atoms with van der Waals surface area (Å²) in [4.78, 5) is 4.30. The average Bonchev–Trinajstić information content (AvgIpc) is 2.31. The molecule has 1 nitrogen and oxygen atoms in total. The molecular weight excluding hydrogens is 337 g/mol. The van der Waals surface area contributed by atoms with Crippen molar-refractivity contribution in [2.24, 2.45) is 0 Å². The molecule has 0 aliphatic carbocycles. The number of hydrogen-bond acceptors (Lipinski definition) is 2. The summed E-state index contributed by atoms with van der Waals surface area (Å²) in [5, 5.41) is 0. The van der Waals surface area contributed by atoms with Gasteiger partial charge in [0, 0.05) is 3.57 Å². The van der Waals surface area contributed by atoms with E-state index < -0.39 is 0 Å². The molecule has 0 radical (unpaired) electrons. The van der Waals surface area contributed by atoms with E-state index >= 15 is 0 Å². The highest BCUT2D eigenvalue weighted by Crippen LogP contribution is 2.29. The Labute approximate surface area is 90.1 Å². The van der Waals surface area contributed by atoms with Crippen molar-refractivity contribution in [1.82, 2.24) is 4.98 Å². The van der Waals surface area contributed by atoms with Crippen LogP contribution < -0.4 is 0 Å². The van der Waals surface area contributed by atoms with E-state index in [9.17, 15) is 0 Å². The Morgan fingerprint density at radius 1 is 1.45 bits per heavy atom. The standard InChI is InChI=1S/C7H3BrINS/c8-7-10-5-3-1-2-4(9)6(5)11-7/h1-3H. The van der Waals surface area contributed by atoms with E-state index in [1.165, 1.54) is 8.27 Å². The molecule has 1 heterocycles. The van der Waals surface area contributed by atoms with Crippen LogP contribution in [0.5, 0.6) is 0 Å². The quantitative estimate of drug-likeness (QED) is 0.667. The Morgan fingerprint density at radius 3 is 3.00 bits per heavy atom. The van der Waals surface area contributed by atoms with E-state index in [2.05, 4.69) is 49.6 Å². The zero-order valence-electron chi connectivity index (χ0n) is 5.34. The summed E-state index contributed by atoms with van der Waals surface area (Å²) >= 11 is 7.36. The molecule has 0 bridgehead atoms. The van der Waals surface area contributed by atoms with Crippen molar-refractivity contribution in [1.29, 1.82) is 0 Å². The molecule has 56 valence electrons. The van der Waals surface area contributed by atoms with Crippen molar-refractivity contribution in [3.63, 3.8) is 0 Å². The second kappa shape index (κ2) is 2.99. The predicted molar refractivity (Wildman–Crippen MR) is 60.0 cm³/mol. The molecule has 1 aromatic carbocycles. The molecule has 0 aliphatic rings. The van der Waals surface area contributed by atoms with E-state index in [-0.39, 0.29) is 0 Å². The van der Waals surface area contributed by atoms with E-state index in [4.69, 9.17) is 0 Å². The number of thiazole rings is 1. The molecule has 4 heteroatoms. The maximum atomic E-state index is 4.30. The Morgan fingerprint density at radius 2 is 2.27 bits per heavy atom. The van der Waals surface area contributed by atoms with E-state index in [0.717, 1.165) is 9.43 Å². The molecule has 1 aromatic heterocycles. The Balaban J connectivity index is 2.90. The van der Waals surface area contributed by atoms with Gasteiger partial charge in [0.05, 0.1) is 10.2 Å². The van der Waals surface area contributed by atoms with Crippen LogP contribution in [-0.2, 0) is 0 Å². The smallest absolute Gasteiger partial charge is 0.160 e. The minimum absolute atomic E-state index is 0.955. The fraction of sp³-hybridized carbons (Fsp3) is 0. The van der Waals surface area contributed by atoms with Gasteiger partial charge in [-0.25, -0.2) is 4.98 Å². The molecule has 2 rings (SSSR count). The fourth-order valence-corrected chi connectivity index (χ4v) is 3.08. The molecule has 0 spiro atoms. The molecule has 0 amide bonds. The molecule has 11 heavy (non-hydrogen) atoms. The van der Waals surface area contributed by atoms with Gasteiger partial charge in [0.1, 0.15) is 0 Å². The first-order valence-corrected chi connectivity index (χ1v) is 5.67. The Kier molecular flexibility index (Phi) is 2.16. The maximum absolute atomic E-state index is 4.30. The van der Waals surface area contributed by atoms with Crippen molar-refractivity contribution in [2.45, 2.75) is 0 Å². The molecule has 0 atom stereocenters. The van der Waals surface area contributed by atoms with E-state index in [0.29, 0.717) is 0 Å². The Hall–Kier alpha value is 0.320. The topological polar surface area (TPSA) is 12.9 Å². The van der Waals surface area contributed by atoms with Gasteiger partial charge in [0.25, 0.3) is 0 Å². The van der Waals surface area contributed by atoms with Crippen molar-refractivity contribution in [3.05, 3.63) is 25.7 Å². The number of hydrogen-bond donors (Lipinski definition) is 0. The number of nitrogens with zero attached hydrogens (tertiary/aromatic N) is 1. The summed E-state index contributed by atoms with van der Waals surface area (Å²) in [7, 11) is 0. The molecule has 0 N–H and O–H groups in total. The van der Waals surface area contributed by atoms with E-state index in [1.807, 2.05) is 12.1 Å². The summed E-state index contributed by atoms with van der Waals surface area (Å²) < 4.78 is 3.49. The van der Waals surface area contributed by atoms with Gasteiger partial charge in [-0.1, -0.05) is 6.07 Å². The lowest BCUT2D eigenvalue weighted by molar-refractivity contribution is 1.45. The summed E-state index contributed by atoms with van der Waals surface area (Å²) in [5.74, 6) is 0. The van der Waals surface area contributed by atoms with Crippen molar-refractivity contribution in [2.75, 3.05) is 0 Å². The summed E-state index contributed by atoms with van der Waals surface area (Å²) in [6.45, 7) is 0. The van der Waals surface area contributed by atoms with Crippen LogP contribution in [0.15, 0.2) is 22.1 Å². The summed E-state index contributed by atoms with van der Waals surface area (Å²) in [5.41, 5.74) is 1.08. The van der Waals surface area contributed by atoms with Crippen LogP contribution in [0.2, 0.25) is 0 Å². The van der Waals surface area contributed by atoms with Crippen LogP contribution in [0.3, 0.4) is 0 Å². The van der Waals surface area contributed by atoms with Crippen LogP contribution >= 0.6 is 49.9 Å². The second-order valence-electron chi connectivity index (χ2n) is 2.05. The first-order valence-electron chi connectivity index (χ1n) is 2.98. The summed E-state index contributed by atoms with van der Waals surface area (Å²) in [6, 6.07) is 6.14. The second-order valence-corrected chi connectivity index (χ2v) is 5.49. The first kappa shape index (κ1) is 7.94. The van der Waals surface area contributed by atoms with Crippen molar-refractivity contribution < 1.29 is 0 Å². The van der Waals surface area contributed by atoms with Gasteiger partial charge in [-0.05, 0) is 50.7 Å². The number of fused-ring (bicyclic) bond motifs is 1. The van der Waals surface area contributed by atoms with Gasteiger partial charge >= 0.3 is 0 Å². The van der Waals surface area contributed by atoms with Crippen LogP contribution in [0.4, 0.5) is 0 Å². The van der Waals surface area contributed by atoms with Gasteiger partial charge in [-0.15, -0.1) is 11.3 Å². The normalized spacial score (nSPS) is 10.7. The fourth-order valence-electron chi connectivity index (χ4n) is 0.888. The highest BCUT2D eigenvalue weighted by molar-refractivity contribution is 14.1. The molecule has 2 aromatic rings. The zero-order valence-corrected chi connectivity index (χ0v) is 9.90. The number of halogens is 2. The number of aromatic nitrogens is 1. The molecule has 0 saturated heterocycles. The van der Waals surface area contributed by atoms with Gasteiger partial charge in [0.15, 0.2) is 3.92 Å². The Bertz CT molecular complexity index is 398. The lowest BCUT2D eigenvalue weighted by Crippen LogP contribution is -1.69. The van der Waals surface area contributed by atoms with Gasteiger partial charge in [0.2, 0.25) is 0 Å². The van der Waals surface area contributed by atoms with Gasteiger partial charge in [-0.2, -0.15) is 0 Å².